The van der Waals surface area contributed by atoms with Crippen molar-refractivity contribution in [3.8, 4) is 0 Å². The molecule has 100 valence electrons. The van der Waals surface area contributed by atoms with Crippen LogP contribution in [0.2, 0.25) is 0 Å². The van der Waals surface area contributed by atoms with Crippen LogP contribution in [0.4, 0.5) is 0 Å². The Morgan fingerprint density at radius 2 is 2.26 bits per heavy atom. The highest BCUT2D eigenvalue weighted by Gasteiger charge is 2.13. The van der Waals surface area contributed by atoms with Crippen molar-refractivity contribution in [3.63, 3.8) is 0 Å². The van der Waals surface area contributed by atoms with Crippen molar-refractivity contribution in [1.29, 1.82) is 0 Å². The van der Waals surface area contributed by atoms with Gasteiger partial charge in [-0.25, -0.2) is 4.98 Å². The van der Waals surface area contributed by atoms with Gasteiger partial charge in [0.2, 0.25) is 5.91 Å². The molecule has 5 heteroatoms. The summed E-state index contributed by atoms with van der Waals surface area (Å²) in [5.74, 6) is 0.00468. The molecule has 0 fully saturated rings. The summed E-state index contributed by atoms with van der Waals surface area (Å²) < 4.78 is 2.86. The summed E-state index contributed by atoms with van der Waals surface area (Å²) in [7, 11) is 0. The Labute approximate surface area is 121 Å². The Balaban J connectivity index is 1.83. The molecule has 2 aromatic rings. The second kappa shape index (κ2) is 6.52. The molecule has 0 unspecified atom stereocenters. The number of hydrogen-bond donors (Lipinski definition) is 1. The van der Waals surface area contributed by atoms with Crippen LogP contribution in [0.5, 0.6) is 0 Å². The minimum atomic E-state index is -0.235. The molecule has 2 rings (SSSR count). The highest BCUT2D eigenvalue weighted by molar-refractivity contribution is 9.10. The van der Waals surface area contributed by atoms with Crippen molar-refractivity contribution in [2.45, 2.75) is 19.4 Å². The van der Waals surface area contributed by atoms with Gasteiger partial charge < -0.3 is 9.88 Å². The summed E-state index contributed by atoms with van der Waals surface area (Å²) in [6, 6.07) is 7.80. The Hall–Kier alpha value is -1.62. The van der Waals surface area contributed by atoms with E-state index in [1.165, 1.54) is 5.56 Å². The zero-order chi connectivity index (χ0) is 13.7. The van der Waals surface area contributed by atoms with Gasteiger partial charge in [0.25, 0.3) is 0 Å². The molecule has 1 amide bonds. The molecule has 0 aliphatic heterocycles. The standard InChI is InChI=1S/C14H16BrN3O/c1-11(18-9-8-16-10-18)14(19)17-7-6-12-4-2-3-5-13(12)15/h2-5,8-11H,6-7H2,1H3,(H,17,19)/t11-/m1/s1. The number of hydrogen-bond acceptors (Lipinski definition) is 2. The summed E-state index contributed by atoms with van der Waals surface area (Å²) >= 11 is 3.50. The number of aromatic nitrogens is 2. The molecular weight excluding hydrogens is 306 g/mol. The monoisotopic (exact) mass is 321 g/mol. The van der Waals surface area contributed by atoms with Crippen LogP contribution in [-0.2, 0) is 11.2 Å². The highest BCUT2D eigenvalue weighted by atomic mass is 79.9. The maximum Gasteiger partial charge on any atom is 0.242 e. The number of benzene rings is 1. The van der Waals surface area contributed by atoms with Gasteiger partial charge in [-0.3, -0.25) is 4.79 Å². The van der Waals surface area contributed by atoms with E-state index in [4.69, 9.17) is 0 Å². The van der Waals surface area contributed by atoms with E-state index in [2.05, 4.69) is 32.3 Å². The zero-order valence-electron chi connectivity index (χ0n) is 10.7. The second-order valence-electron chi connectivity index (χ2n) is 4.32. The number of amides is 1. The van der Waals surface area contributed by atoms with Crippen LogP contribution < -0.4 is 5.32 Å². The molecular formula is C14H16BrN3O. The molecule has 1 aromatic heterocycles. The molecule has 4 nitrogen and oxygen atoms in total. The molecule has 0 bridgehead atoms. The number of carbonyl (C=O) groups excluding carboxylic acids is 1. The van der Waals surface area contributed by atoms with Crippen molar-refractivity contribution >= 4 is 21.8 Å². The van der Waals surface area contributed by atoms with Crippen molar-refractivity contribution in [3.05, 3.63) is 53.0 Å². The van der Waals surface area contributed by atoms with E-state index in [0.717, 1.165) is 10.9 Å². The van der Waals surface area contributed by atoms with Crippen LogP contribution in [0.1, 0.15) is 18.5 Å². The van der Waals surface area contributed by atoms with Crippen LogP contribution in [0.3, 0.4) is 0 Å². The van der Waals surface area contributed by atoms with Gasteiger partial charge in [0.1, 0.15) is 6.04 Å². The minimum Gasteiger partial charge on any atom is -0.354 e. The van der Waals surface area contributed by atoms with Crippen LogP contribution in [0, 0.1) is 0 Å². The molecule has 0 aliphatic carbocycles. The quantitative estimate of drug-likeness (QED) is 0.920. The van der Waals surface area contributed by atoms with Gasteiger partial charge in [-0.2, -0.15) is 0 Å². The highest BCUT2D eigenvalue weighted by Crippen LogP contribution is 2.15. The summed E-state index contributed by atoms with van der Waals surface area (Å²) in [6.45, 7) is 2.48. The molecule has 19 heavy (non-hydrogen) atoms. The number of carbonyl (C=O) groups is 1. The third kappa shape index (κ3) is 3.67. The summed E-state index contributed by atoms with van der Waals surface area (Å²) in [6.07, 6.45) is 5.92. The van der Waals surface area contributed by atoms with Gasteiger partial charge in [-0.15, -0.1) is 0 Å². The predicted octanol–water partition coefficient (Wildman–Crippen LogP) is 2.57. The number of nitrogens with one attached hydrogen (secondary N) is 1. The first kappa shape index (κ1) is 13.8. The van der Waals surface area contributed by atoms with Gasteiger partial charge >= 0.3 is 0 Å². The average Bonchev–Trinajstić information content (AvgIpc) is 2.94. The van der Waals surface area contributed by atoms with Gasteiger partial charge in [0.05, 0.1) is 6.33 Å². The Morgan fingerprint density at radius 1 is 1.47 bits per heavy atom. The van der Waals surface area contributed by atoms with Crippen LogP contribution in [0.15, 0.2) is 47.5 Å². The predicted molar refractivity (Wildman–Crippen MR) is 77.8 cm³/mol. The Kier molecular flexibility index (Phi) is 4.74. The summed E-state index contributed by atoms with van der Waals surface area (Å²) in [5, 5.41) is 2.94. The Bertz CT molecular complexity index is 539. The van der Waals surface area contributed by atoms with E-state index in [1.54, 1.807) is 23.3 Å². The van der Waals surface area contributed by atoms with Crippen molar-refractivity contribution < 1.29 is 4.79 Å². The molecule has 1 heterocycles. The van der Waals surface area contributed by atoms with E-state index in [-0.39, 0.29) is 11.9 Å². The lowest BCUT2D eigenvalue weighted by atomic mass is 10.1. The van der Waals surface area contributed by atoms with Crippen molar-refractivity contribution in [1.82, 2.24) is 14.9 Å². The number of halogens is 1. The Morgan fingerprint density at radius 3 is 2.95 bits per heavy atom. The molecule has 0 aliphatic rings. The molecule has 0 spiro atoms. The lowest BCUT2D eigenvalue weighted by molar-refractivity contribution is -0.123. The first-order valence-corrected chi connectivity index (χ1v) is 6.96. The van der Waals surface area contributed by atoms with E-state index in [1.807, 2.05) is 25.1 Å². The topological polar surface area (TPSA) is 46.9 Å². The lowest BCUT2D eigenvalue weighted by Crippen LogP contribution is -2.32. The minimum absolute atomic E-state index is 0.00468. The molecule has 1 N–H and O–H groups in total. The fourth-order valence-corrected chi connectivity index (χ4v) is 2.29. The first-order chi connectivity index (χ1) is 9.18. The van der Waals surface area contributed by atoms with Gasteiger partial charge in [-0.1, -0.05) is 34.1 Å². The first-order valence-electron chi connectivity index (χ1n) is 6.17. The third-order valence-electron chi connectivity index (χ3n) is 3.00. The molecule has 1 aromatic carbocycles. The van der Waals surface area contributed by atoms with E-state index >= 15 is 0 Å². The number of nitrogens with zero attached hydrogens (tertiary/aromatic N) is 2. The molecule has 0 saturated heterocycles. The lowest BCUT2D eigenvalue weighted by Gasteiger charge is -2.13. The molecule has 0 saturated carbocycles. The second-order valence-corrected chi connectivity index (χ2v) is 5.17. The number of imidazole rings is 1. The van der Waals surface area contributed by atoms with E-state index in [9.17, 15) is 4.79 Å². The number of rotatable bonds is 5. The maximum atomic E-state index is 11.9. The summed E-state index contributed by atoms with van der Waals surface area (Å²) in [5.41, 5.74) is 1.19. The van der Waals surface area contributed by atoms with Crippen LogP contribution in [0.25, 0.3) is 0 Å². The van der Waals surface area contributed by atoms with Crippen molar-refractivity contribution in [2.24, 2.45) is 0 Å². The van der Waals surface area contributed by atoms with Gasteiger partial charge in [0.15, 0.2) is 0 Å². The third-order valence-corrected chi connectivity index (χ3v) is 3.78. The molecule has 0 radical (unpaired) electrons. The molecule has 1 atom stereocenters. The zero-order valence-corrected chi connectivity index (χ0v) is 12.3. The normalized spacial score (nSPS) is 12.1. The van der Waals surface area contributed by atoms with Crippen LogP contribution >= 0.6 is 15.9 Å². The largest absolute Gasteiger partial charge is 0.354 e. The maximum absolute atomic E-state index is 11.9. The summed E-state index contributed by atoms with van der Waals surface area (Å²) in [4.78, 5) is 15.9. The van der Waals surface area contributed by atoms with Gasteiger partial charge in [0, 0.05) is 23.4 Å². The van der Waals surface area contributed by atoms with Gasteiger partial charge in [-0.05, 0) is 25.0 Å². The van der Waals surface area contributed by atoms with E-state index in [0.29, 0.717) is 6.54 Å². The fourth-order valence-electron chi connectivity index (χ4n) is 1.80. The van der Waals surface area contributed by atoms with Crippen LogP contribution in [-0.4, -0.2) is 22.0 Å². The van der Waals surface area contributed by atoms with Crippen molar-refractivity contribution in [2.75, 3.05) is 6.54 Å². The average molecular weight is 322 g/mol. The smallest absolute Gasteiger partial charge is 0.242 e. The van der Waals surface area contributed by atoms with E-state index < -0.39 is 0 Å². The fraction of sp³-hybridized carbons (Fsp3) is 0.286. The SMILES string of the molecule is C[C@H](C(=O)NCCc1ccccc1Br)n1ccnc1.